The summed E-state index contributed by atoms with van der Waals surface area (Å²) in [6.45, 7) is 5.24. The van der Waals surface area contributed by atoms with Crippen LogP contribution in [0.2, 0.25) is 0 Å². The Balaban J connectivity index is 1.58. The normalized spacial score (nSPS) is 15.9. The molecule has 1 fully saturated rings. The Hall–Kier alpha value is -2.86. The Morgan fingerprint density at radius 3 is 2.66 bits per heavy atom. The molecule has 1 unspecified atom stereocenters. The van der Waals surface area contributed by atoms with Crippen LogP contribution in [0.25, 0.3) is 0 Å². The second-order valence-corrected chi connectivity index (χ2v) is 7.42. The number of anilines is 1. The Morgan fingerprint density at radius 1 is 1.14 bits per heavy atom. The van der Waals surface area contributed by atoms with Gasteiger partial charge < -0.3 is 20.1 Å². The van der Waals surface area contributed by atoms with E-state index < -0.39 is 0 Å². The van der Waals surface area contributed by atoms with Gasteiger partial charge in [0, 0.05) is 13.2 Å². The summed E-state index contributed by atoms with van der Waals surface area (Å²) in [6, 6.07) is 14.6. The molecule has 0 bridgehead atoms. The fourth-order valence-corrected chi connectivity index (χ4v) is 3.32. The maximum atomic E-state index is 12.6. The van der Waals surface area contributed by atoms with Gasteiger partial charge in [0.25, 0.3) is 11.8 Å². The summed E-state index contributed by atoms with van der Waals surface area (Å²) in [4.78, 5) is 25.0. The molecule has 3 rings (SSSR count). The van der Waals surface area contributed by atoms with Crippen molar-refractivity contribution < 1.29 is 19.1 Å². The van der Waals surface area contributed by atoms with Gasteiger partial charge in [-0.3, -0.25) is 9.59 Å². The van der Waals surface area contributed by atoms with Gasteiger partial charge in [0.15, 0.2) is 6.61 Å². The maximum Gasteiger partial charge on any atom is 0.262 e. The van der Waals surface area contributed by atoms with Crippen LogP contribution in [0.3, 0.4) is 0 Å². The van der Waals surface area contributed by atoms with Gasteiger partial charge in [-0.2, -0.15) is 0 Å². The number of hydrogen-bond donors (Lipinski definition) is 2. The third kappa shape index (κ3) is 5.81. The molecule has 6 heteroatoms. The summed E-state index contributed by atoms with van der Waals surface area (Å²) in [5.74, 6) is 0.438. The van der Waals surface area contributed by atoms with Gasteiger partial charge in [0.05, 0.1) is 17.4 Å². The molecule has 2 aromatic carbocycles. The van der Waals surface area contributed by atoms with Crippen molar-refractivity contribution in [2.75, 3.05) is 25.1 Å². The highest BCUT2D eigenvalue weighted by atomic mass is 16.5. The SMILES string of the molecule is CC(C)c1ccccc1OCC(=O)Nc1ccccc1C(=O)NCC1CCCO1. The third-order valence-corrected chi connectivity index (χ3v) is 4.86. The van der Waals surface area contributed by atoms with Crippen LogP contribution in [-0.4, -0.2) is 37.7 Å². The molecule has 0 radical (unpaired) electrons. The van der Waals surface area contributed by atoms with E-state index in [-0.39, 0.29) is 24.5 Å². The van der Waals surface area contributed by atoms with Crippen molar-refractivity contribution in [1.82, 2.24) is 5.32 Å². The highest BCUT2D eigenvalue weighted by Gasteiger charge is 2.18. The van der Waals surface area contributed by atoms with Crippen molar-refractivity contribution in [2.45, 2.75) is 38.7 Å². The number of benzene rings is 2. The van der Waals surface area contributed by atoms with E-state index in [1.807, 2.05) is 24.3 Å². The molecule has 0 saturated carbocycles. The quantitative estimate of drug-likeness (QED) is 0.713. The lowest BCUT2D eigenvalue weighted by Crippen LogP contribution is -2.32. The zero-order valence-corrected chi connectivity index (χ0v) is 16.9. The minimum absolute atomic E-state index is 0.0649. The lowest BCUT2D eigenvalue weighted by Gasteiger charge is -2.15. The second-order valence-electron chi connectivity index (χ2n) is 7.42. The Labute approximate surface area is 171 Å². The summed E-state index contributed by atoms with van der Waals surface area (Å²) in [5.41, 5.74) is 1.93. The fourth-order valence-electron chi connectivity index (χ4n) is 3.32. The molecule has 2 amide bonds. The first kappa shape index (κ1) is 20.9. The Kier molecular flexibility index (Phi) is 7.25. The first-order valence-electron chi connectivity index (χ1n) is 10.0. The van der Waals surface area contributed by atoms with Crippen molar-refractivity contribution in [3.05, 3.63) is 59.7 Å². The zero-order valence-electron chi connectivity index (χ0n) is 16.9. The van der Waals surface area contributed by atoms with Gasteiger partial charge in [0.2, 0.25) is 0 Å². The molecule has 1 saturated heterocycles. The molecule has 29 heavy (non-hydrogen) atoms. The van der Waals surface area contributed by atoms with Gasteiger partial charge in [-0.25, -0.2) is 0 Å². The summed E-state index contributed by atoms with van der Waals surface area (Å²) >= 11 is 0. The first-order valence-corrected chi connectivity index (χ1v) is 10.0. The number of amides is 2. The summed E-state index contributed by atoms with van der Waals surface area (Å²) < 4.78 is 11.3. The zero-order chi connectivity index (χ0) is 20.6. The number of hydrogen-bond acceptors (Lipinski definition) is 4. The molecular weight excluding hydrogens is 368 g/mol. The van der Waals surface area contributed by atoms with Crippen LogP contribution in [0.5, 0.6) is 5.75 Å². The lowest BCUT2D eigenvalue weighted by atomic mass is 10.0. The molecule has 0 aliphatic carbocycles. The fraction of sp³-hybridized carbons (Fsp3) is 0.391. The Morgan fingerprint density at radius 2 is 1.90 bits per heavy atom. The van der Waals surface area contributed by atoms with E-state index in [9.17, 15) is 9.59 Å². The van der Waals surface area contributed by atoms with E-state index in [0.29, 0.717) is 29.5 Å². The standard InChI is InChI=1S/C23H28N2O4/c1-16(2)18-9-4-6-12-21(18)29-15-22(26)25-20-11-5-3-10-19(20)23(27)24-14-17-8-7-13-28-17/h3-6,9-12,16-17H,7-8,13-15H2,1-2H3,(H,24,27)(H,25,26). The highest BCUT2D eigenvalue weighted by molar-refractivity contribution is 6.04. The van der Waals surface area contributed by atoms with Crippen molar-refractivity contribution in [3.63, 3.8) is 0 Å². The van der Waals surface area contributed by atoms with Crippen molar-refractivity contribution >= 4 is 17.5 Å². The average Bonchev–Trinajstić information content (AvgIpc) is 3.25. The summed E-state index contributed by atoms with van der Waals surface area (Å²) in [5, 5.41) is 5.67. The van der Waals surface area contributed by atoms with Gasteiger partial charge in [-0.15, -0.1) is 0 Å². The van der Waals surface area contributed by atoms with Gasteiger partial charge in [0.1, 0.15) is 5.75 Å². The molecule has 0 aromatic heterocycles. The van der Waals surface area contributed by atoms with Crippen LogP contribution in [0.1, 0.15) is 48.5 Å². The van der Waals surface area contributed by atoms with Crippen LogP contribution >= 0.6 is 0 Å². The number of carbonyl (C=O) groups excluding carboxylic acids is 2. The van der Waals surface area contributed by atoms with E-state index in [1.54, 1.807) is 24.3 Å². The number of carbonyl (C=O) groups is 2. The molecule has 0 spiro atoms. The molecule has 1 atom stereocenters. The van der Waals surface area contributed by atoms with Crippen LogP contribution in [0.15, 0.2) is 48.5 Å². The number of para-hydroxylation sites is 2. The Bertz CT molecular complexity index is 844. The molecular formula is C23H28N2O4. The largest absolute Gasteiger partial charge is 0.483 e. The van der Waals surface area contributed by atoms with E-state index in [4.69, 9.17) is 9.47 Å². The first-order chi connectivity index (χ1) is 14.0. The monoisotopic (exact) mass is 396 g/mol. The molecule has 154 valence electrons. The molecule has 2 aromatic rings. The minimum Gasteiger partial charge on any atom is -0.483 e. The topological polar surface area (TPSA) is 76.7 Å². The van der Waals surface area contributed by atoms with Crippen LogP contribution in [0.4, 0.5) is 5.69 Å². The predicted octanol–water partition coefficient (Wildman–Crippen LogP) is 3.74. The number of nitrogens with one attached hydrogen (secondary N) is 2. The van der Waals surface area contributed by atoms with Crippen molar-refractivity contribution in [1.29, 1.82) is 0 Å². The predicted molar refractivity (Wildman–Crippen MR) is 112 cm³/mol. The number of rotatable bonds is 8. The summed E-state index contributed by atoms with van der Waals surface area (Å²) in [7, 11) is 0. The van der Waals surface area contributed by atoms with Crippen LogP contribution in [-0.2, 0) is 9.53 Å². The van der Waals surface area contributed by atoms with E-state index >= 15 is 0 Å². The molecule has 1 heterocycles. The molecule has 6 nitrogen and oxygen atoms in total. The maximum absolute atomic E-state index is 12.6. The van der Waals surface area contributed by atoms with Crippen LogP contribution < -0.4 is 15.4 Å². The highest BCUT2D eigenvalue weighted by Crippen LogP contribution is 2.25. The van der Waals surface area contributed by atoms with Crippen molar-refractivity contribution in [2.24, 2.45) is 0 Å². The van der Waals surface area contributed by atoms with Gasteiger partial charge >= 0.3 is 0 Å². The van der Waals surface area contributed by atoms with Crippen molar-refractivity contribution in [3.8, 4) is 5.75 Å². The molecule has 2 N–H and O–H groups in total. The van der Waals surface area contributed by atoms with Gasteiger partial charge in [-0.1, -0.05) is 44.2 Å². The van der Waals surface area contributed by atoms with E-state index in [1.165, 1.54) is 0 Å². The minimum atomic E-state index is -0.317. The third-order valence-electron chi connectivity index (χ3n) is 4.86. The van der Waals surface area contributed by atoms with Gasteiger partial charge in [-0.05, 0) is 42.5 Å². The lowest BCUT2D eigenvalue weighted by molar-refractivity contribution is -0.118. The molecule has 1 aliphatic heterocycles. The smallest absolute Gasteiger partial charge is 0.262 e. The number of ether oxygens (including phenoxy) is 2. The van der Waals surface area contributed by atoms with E-state index in [2.05, 4.69) is 24.5 Å². The average molecular weight is 396 g/mol. The summed E-state index contributed by atoms with van der Waals surface area (Å²) in [6.07, 6.45) is 2.04. The second kappa shape index (κ2) is 10.1. The van der Waals surface area contributed by atoms with E-state index in [0.717, 1.165) is 25.0 Å². The van der Waals surface area contributed by atoms with Crippen LogP contribution in [0, 0.1) is 0 Å². The molecule has 1 aliphatic rings.